The lowest BCUT2D eigenvalue weighted by molar-refractivity contribution is 0.802. The topological polar surface area (TPSA) is 50.9 Å². The molecule has 2 rings (SSSR count). The Balaban J connectivity index is 1.99. The first-order valence-electron chi connectivity index (χ1n) is 6.18. The molecule has 0 spiro atoms. The lowest BCUT2D eigenvalue weighted by atomic mass is 10.0. The molecule has 0 fully saturated rings. The molecule has 18 heavy (non-hydrogen) atoms. The molecule has 1 atom stereocenters. The maximum atomic E-state index is 5.92. The van der Waals surface area contributed by atoms with Crippen LogP contribution in [0.2, 0.25) is 0 Å². The van der Waals surface area contributed by atoms with Gasteiger partial charge in [0.1, 0.15) is 5.82 Å². The highest BCUT2D eigenvalue weighted by molar-refractivity contribution is 5.61. The highest BCUT2D eigenvalue weighted by Crippen LogP contribution is 2.19. The zero-order valence-corrected chi connectivity index (χ0v) is 10.9. The first-order valence-corrected chi connectivity index (χ1v) is 6.18. The molecular formula is C15H19N3. The third-order valence-electron chi connectivity index (χ3n) is 3.00. The number of benzene rings is 1. The number of rotatable bonds is 4. The van der Waals surface area contributed by atoms with E-state index in [0.29, 0.717) is 11.6 Å². The fraction of sp³-hybridized carbons (Fsp3) is 0.267. The molecule has 0 bridgehead atoms. The number of nitrogens with two attached hydrogens (primary N) is 1. The number of nitrogens with zero attached hydrogens (tertiary/aromatic N) is 1. The van der Waals surface area contributed by atoms with E-state index in [0.717, 1.165) is 17.9 Å². The monoisotopic (exact) mass is 241 g/mol. The summed E-state index contributed by atoms with van der Waals surface area (Å²) in [6.07, 6.45) is 1.83. The first kappa shape index (κ1) is 12.4. The fourth-order valence-electron chi connectivity index (χ4n) is 1.89. The number of anilines is 2. The Kier molecular flexibility index (Phi) is 3.82. The van der Waals surface area contributed by atoms with Gasteiger partial charge in [0.25, 0.3) is 0 Å². The Morgan fingerprint density at radius 3 is 2.67 bits per heavy atom. The van der Waals surface area contributed by atoms with E-state index in [1.165, 1.54) is 5.56 Å². The molecule has 1 heterocycles. The number of nitrogens with one attached hydrogen (secondary N) is 1. The average molecular weight is 241 g/mol. The molecule has 0 saturated carbocycles. The molecule has 0 radical (unpaired) electrons. The standard InChI is InChI=1S/C15H19N3/c1-11-8-14(16)15(17-9-11)18-10-12(2)13-6-4-3-5-7-13/h3-9,12H,10,16H2,1-2H3,(H,17,18). The molecule has 0 aliphatic carbocycles. The number of hydrogen-bond donors (Lipinski definition) is 2. The number of hydrogen-bond acceptors (Lipinski definition) is 3. The Morgan fingerprint density at radius 2 is 2.00 bits per heavy atom. The van der Waals surface area contributed by atoms with Crippen LogP contribution in [0, 0.1) is 6.92 Å². The molecule has 1 unspecified atom stereocenters. The van der Waals surface area contributed by atoms with Crippen LogP contribution in [0.25, 0.3) is 0 Å². The van der Waals surface area contributed by atoms with E-state index in [4.69, 9.17) is 5.73 Å². The minimum Gasteiger partial charge on any atom is -0.396 e. The van der Waals surface area contributed by atoms with E-state index >= 15 is 0 Å². The summed E-state index contributed by atoms with van der Waals surface area (Å²) in [5.74, 6) is 1.19. The van der Waals surface area contributed by atoms with Crippen molar-refractivity contribution in [3.05, 3.63) is 53.7 Å². The minimum atomic E-state index is 0.425. The Labute approximate surface area is 108 Å². The van der Waals surface area contributed by atoms with Gasteiger partial charge >= 0.3 is 0 Å². The molecule has 0 aliphatic heterocycles. The van der Waals surface area contributed by atoms with Crippen LogP contribution < -0.4 is 11.1 Å². The van der Waals surface area contributed by atoms with E-state index in [2.05, 4.69) is 41.5 Å². The second-order valence-electron chi connectivity index (χ2n) is 4.64. The highest BCUT2D eigenvalue weighted by atomic mass is 15.0. The molecule has 1 aromatic heterocycles. The van der Waals surface area contributed by atoms with E-state index in [1.807, 2.05) is 25.3 Å². The van der Waals surface area contributed by atoms with Gasteiger partial charge in [0, 0.05) is 12.7 Å². The lowest BCUT2D eigenvalue weighted by Crippen LogP contribution is -2.12. The summed E-state index contributed by atoms with van der Waals surface area (Å²) >= 11 is 0. The van der Waals surface area contributed by atoms with Crippen molar-refractivity contribution >= 4 is 11.5 Å². The van der Waals surface area contributed by atoms with Gasteiger partial charge in [0.05, 0.1) is 5.69 Å². The third-order valence-corrected chi connectivity index (χ3v) is 3.00. The largest absolute Gasteiger partial charge is 0.396 e. The van der Waals surface area contributed by atoms with Gasteiger partial charge in [-0.2, -0.15) is 0 Å². The average Bonchev–Trinajstić information content (AvgIpc) is 2.38. The quantitative estimate of drug-likeness (QED) is 0.864. The van der Waals surface area contributed by atoms with Crippen molar-refractivity contribution in [1.29, 1.82) is 0 Å². The molecular weight excluding hydrogens is 222 g/mol. The maximum Gasteiger partial charge on any atom is 0.149 e. The Hall–Kier alpha value is -2.03. The van der Waals surface area contributed by atoms with Crippen LogP contribution in [0.1, 0.15) is 24.0 Å². The molecule has 1 aromatic carbocycles. The van der Waals surface area contributed by atoms with Crippen molar-refractivity contribution in [2.45, 2.75) is 19.8 Å². The predicted molar refractivity (Wildman–Crippen MR) is 76.7 cm³/mol. The van der Waals surface area contributed by atoms with Gasteiger partial charge in [-0.25, -0.2) is 4.98 Å². The summed E-state index contributed by atoms with van der Waals surface area (Å²) < 4.78 is 0. The van der Waals surface area contributed by atoms with Gasteiger partial charge in [-0.15, -0.1) is 0 Å². The van der Waals surface area contributed by atoms with Crippen molar-refractivity contribution in [3.63, 3.8) is 0 Å². The number of aryl methyl sites for hydroxylation is 1. The van der Waals surface area contributed by atoms with Gasteiger partial charge in [-0.05, 0) is 30.0 Å². The van der Waals surface area contributed by atoms with E-state index < -0.39 is 0 Å². The van der Waals surface area contributed by atoms with Crippen LogP contribution in [0.15, 0.2) is 42.6 Å². The molecule has 3 nitrogen and oxygen atoms in total. The maximum absolute atomic E-state index is 5.92. The van der Waals surface area contributed by atoms with Crippen molar-refractivity contribution in [2.24, 2.45) is 0 Å². The van der Waals surface area contributed by atoms with Crippen molar-refractivity contribution in [3.8, 4) is 0 Å². The van der Waals surface area contributed by atoms with E-state index in [9.17, 15) is 0 Å². The Morgan fingerprint density at radius 1 is 1.28 bits per heavy atom. The summed E-state index contributed by atoms with van der Waals surface area (Å²) in [6, 6.07) is 12.4. The second-order valence-corrected chi connectivity index (χ2v) is 4.64. The highest BCUT2D eigenvalue weighted by Gasteiger charge is 2.06. The van der Waals surface area contributed by atoms with Crippen LogP contribution >= 0.6 is 0 Å². The molecule has 0 aliphatic rings. The van der Waals surface area contributed by atoms with Crippen LogP contribution in [0.5, 0.6) is 0 Å². The van der Waals surface area contributed by atoms with Crippen molar-refractivity contribution in [1.82, 2.24) is 4.98 Å². The molecule has 2 aromatic rings. The molecule has 0 saturated heterocycles. The minimum absolute atomic E-state index is 0.425. The summed E-state index contributed by atoms with van der Waals surface area (Å²) in [4.78, 5) is 4.31. The molecule has 94 valence electrons. The molecule has 3 N–H and O–H groups in total. The molecule has 0 amide bonds. The summed E-state index contributed by atoms with van der Waals surface area (Å²) in [5, 5.41) is 3.30. The van der Waals surface area contributed by atoms with Crippen molar-refractivity contribution in [2.75, 3.05) is 17.6 Å². The normalized spacial score (nSPS) is 12.1. The van der Waals surface area contributed by atoms with Crippen LogP contribution in [-0.4, -0.2) is 11.5 Å². The Bertz CT molecular complexity index is 508. The second kappa shape index (κ2) is 5.54. The van der Waals surface area contributed by atoms with Crippen LogP contribution in [0.3, 0.4) is 0 Å². The third kappa shape index (κ3) is 3.00. The number of aromatic nitrogens is 1. The summed E-state index contributed by atoms with van der Waals surface area (Å²) in [5.41, 5.74) is 9.02. The predicted octanol–water partition coefficient (Wildman–Crippen LogP) is 3.19. The first-order chi connectivity index (χ1) is 8.66. The summed E-state index contributed by atoms with van der Waals surface area (Å²) in [7, 11) is 0. The summed E-state index contributed by atoms with van der Waals surface area (Å²) in [6.45, 7) is 5.00. The van der Waals surface area contributed by atoms with Gasteiger partial charge in [-0.3, -0.25) is 0 Å². The number of pyridine rings is 1. The van der Waals surface area contributed by atoms with Gasteiger partial charge in [0.2, 0.25) is 0 Å². The lowest BCUT2D eigenvalue weighted by Gasteiger charge is -2.14. The van der Waals surface area contributed by atoms with Crippen LogP contribution in [-0.2, 0) is 0 Å². The van der Waals surface area contributed by atoms with Gasteiger partial charge in [-0.1, -0.05) is 37.3 Å². The fourth-order valence-corrected chi connectivity index (χ4v) is 1.89. The van der Waals surface area contributed by atoms with Gasteiger partial charge in [0.15, 0.2) is 0 Å². The van der Waals surface area contributed by atoms with E-state index in [1.54, 1.807) is 0 Å². The zero-order valence-electron chi connectivity index (χ0n) is 10.9. The van der Waals surface area contributed by atoms with Crippen LogP contribution in [0.4, 0.5) is 11.5 Å². The van der Waals surface area contributed by atoms with Crippen molar-refractivity contribution < 1.29 is 0 Å². The SMILES string of the molecule is Cc1cnc(NCC(C)c2ccccc2)c(N)c1. The smallest absolute Gasteiger partial charge is 0.149 e. The van der Waals surface area contributed by atoms with E-state index in [-0.39, 0.29) is 0 Å². The van der Waals surface area contributed by atoms with Gasteiger partial charge < -0.3 is 11.1 Å². The number of nitrogen functional groups attached to an aromatic ring is 1. The molecule has 3 heteroatoms. The zero-order chi connectivity index (χ0) is 13.0.